The smallest absolute Gasteiger partial charge is 0.363 e. The number of H-pyrrole nitrogens is 1. The van der Waals surface area contributed by atoms with Gasteiger partial charge in [-0.15, -0.1) is 0 Å². The molecule has 8 heteroatoms. The van der Waals surface area contributed by atoms with Crippen LogP contribution in [-0.2, 0) is 0 Å². The fourth-order valence-electron chi connectivity index (χ4n) is 1.60. The summed E-state index contributed by atoms with van der Waals surface area (Å²) in [5, 5.41) is 10.0. The number of ether oxygens (including phenoxy) is 2. The van der Waals surface area contributed by atoms with Crippen molar-refractivity contribution in [3.05, 3.63) is 39.9 Å². The highest BCUT2D eigenvalue weighted by Crippen LogP contribution is 2.26. The molecule has 8 nitrogen and oxygen atoms in total. The summed E-state index contributed by atoms with van der Waals surface area (Å²) < 4.78 is 10.4. The van der Waals surface area contributed by atoms with E-state index in [1.165, 1.54) is 0 Å². The minimum absolute atomic E-state index is 0.301. The monoisotopic (exact) mass is 289 g/mol. The van der Waals surface area contributed by atoms with Crippen LogP contribution >= 0.6 is 0 Å². The van der Waals surface area contributed by atoms with Crippen molar-refractivity contribution < 1.29 is 9.47 Å². The third-order valence-electron chi connectivity index (χ3n) is 2.67. The lowest BCUT2D eigenvalue weighted by molar-refractivity contribution is 0.355. The highest BCUT2D eigenvalue weighted by molar-refractivity contribution is 5.81. The Hall–Kier alpha value is -2.90. The van der Waals surface area contributed by atoms with Gasteiger partial charge in [0.2, 0.25) is 0 Å². The van der Waals surface area contributed by atoms with Gasteiger partial charge in [0.25, 0.3) is 0 Å². The zero-order chi connectivity index (χ0) is 15.2. The summed E-state index contributed by atoms with van der Waals surface area (Å²) in [5.74, 6) is 1.54. The fraction of sp³-hybridized carbons (Fsp3) is 0.231. The average molecular weight is 289 g/mol. The molecule has 0 aliphatic rings. The van der Waals surface area contributed by atoms with E-state index in [-0.39, 0.29) is 0 Å². The lowest BCUT2D eigenvalue weighted by Crippen LogP contribution is -2.15. The minimum atomic E-state index is -0.538. The number of nitrogens with zero attached hydrogens (tertiary/aromatic N) is 3. The van der Waals surface area contributed by atoms with Crippen LogP contribution in [0.5, 0.6) is 11.5 Å². The van der Waals surface area contributed by atoms with Crippen LogP contribution in [0.2, 0.25) is 0 Å². The number of aryl methyl sites for hydroxylation is 1. The number of nitrogens with one attached hydrogen (secondary N) is 2. The molecule has 1 aromatic heterocycles. The van der Waals surface area contributed by atoms with Gasteiger partial charge in [0, 0.05) is 0 Å². The van der Waals surface area contributed by atoms with E-state index in [1.54, 1.807) is 39.5 Å². The van der Waals surface area contributed by atoms with Crippen molar-refractivity contribution in [2.45, 2.75) is 6.92 Å². The SMILES string of the molecule is COc1ccc(/C=N\Nc2nc(=O)[nH]nc2C)cc1OC. The highest BCUT2D eigenvalue weighted by Gasteiger charge is 2.03. The Kier molecular flexibility index (Phi) is 4.50. The first-order valence-corrected chi connectivity index (χ1v) is 6.08. The first-order valence-electron chi connectivity index (χ1n) is 6.08. The van der Waals surface area contributed by atoms with Gasteiger partial charge in [0.1, 0.15) is 5.69 Å². The predicted molar refractivity (Wildman–Crippen MR) is 78.2 cm³/mol. The third kappa shape index (κ3) is 3.56. The molecule has 0 unspecified atom stereocenters. The number of anilines is 1. The van der Waals surface area contributed by atoms with Crippen LogP contribution < -0.4 is 20.6 Å². The maximum absolute atomic E-state index is 11.1. The maximum Gasteiger partial charge on any atom is 0.363 e. The average Bonchev–Trinajstić information content (AvgIpc) is 2.50. The van der Waals surface area contributed by atoms with Gasteiger partial charge in [-0.25, -0.2) is 9.89 Å². The van der Waals surface area contributed by atoms with Crippen LogP contribution in [0.15, 0.2) is 28.1 Å². The summed E-state index contributed by atoms with van der Waals surface area (Å²) in [5.41, 5.74) is 3.48. The van der Waals surface area contributed by atoms with Crippen LogP contribution in [0, 0.1) is 6.92 Å². The Morgan fingerprint density at radius 2 is 2.05 bits per heavy atom. The Bertz CT molecular complexity index is 711. The molecule has 2 rings (SSSR count). The minimum Gasteiger partial charge on any atom is -0.493 e. The molecular formula is C13H15N5O3. The quantitative estimate of drug-likeness (QED) is 0.627. The molecule has 0 radical (unpaired) electrons. The summed E-state index contributed by atoms with van der Waals surface area (Å²) in [7, 11) is 3.13. The largest absolute Gasteiger partial charge is 0.493 e. The summed E-state index contributed by atoms with van der Waals surface area (Å²) in [6.07, 6.45) is 1.57. The maximum atomic E-state index is 11.1. The fourth-order valence-corrected chi connectivity index (χ4v) is 1.60. The molecule has 0 atom stereocenters. The standard InChI is InChI=1S/C13H15N5O3/c1-8-12(15-13(19)18-16-8)17-14-7-9-4-5-10(20-2)11(6-9)21-3/h4-7H,1-3H3,(H2,15,17,18,19)/b14-7-. The summed E-state index contributed by atoms with van der Waals surface area (Å²) in [6.45, 7) is 1.71. The number of hydrogen-bond acceptors (Lipinski definition) is 7. The molecular weight excluding hydrogens is 274 g/mol. The summed E-state index contributed by atoms with van der Waals surface area (Å²) >= 11 is 0. The molecule has 0 bridgehead atoms. The van der Waals surface area contributed by atoms with Crippen LogP contribution in [0.1, 0.15) is 11.3 Å². The zero-order valence-corrected chi connectivity index (χ0v) is 11.9. The topological polar surface area (TPSA) is 101 Å². The molecule has 0 amide bonds. The van der Waals surface area contributed by atoms with Crippen molar-refractivity contribution in [1.82, 2.24) is 15.2 Å². The van der Waals surface area contributed by atoms with Gasteiger partial charge in [-0.2, -0.15) is 15.2 Å². The lowest BCUT2D eigenvalue weighted by Gasteiger charge is -2.07. The normalized spacial score (nSPS) is 10.6. The molecule has 0 fully saturated rings. The van der Waals surface area contributed by atoms with Gasteiger partial charge in [-0.1, -0.05) is 0 Å². The van der Waals surface area contributed by atoms with E-state index in [0.717, 1.165) is 5.56 Å². The van der Waals surface area contributed by atoms with E-state index in [2.05, 4.69) is 25.7 Å². The van der Waals surface area contributed by atoms with Crippen molar-refractivity contribution in [1.29, 1.82) is 0 Å². The van der Waals surface area contributed by atoms with Crippen molar-refractivity contribution in [2.24, 2.45) is 5.10 Å². The molecule has 0 saturated heterocycles. The molecule has 21 heavy (non-hydrogen) atoms. The third-order valence-corrected chi connectivity index (χ3v) is 2.67. The molecule has 0 spiro atoms. The van der Waals surface area contributed by atoms with E-state index >= 15 is 0 Å². The second-order valence-electron chi connectivity index (χ2n) is 4.06. The number of aromatic nitrogens is 3. The molecule has 2 N–H and O–H groups in total. The van der Waals surface area contributed by atoms with Gasteiger partial charge >= 0.3 is 5.69 Å². The Morgan fingerprint density at radius 1 is 1.29 bits per heavy atom. The van der Waals surface area contributed by atoms with E-state index in [1.807, 2.05) is 6.07 Å². The number of hydrogen-bond donors (Lipinski definition) is 2. The second-order valence-corrected chi connectivity index (χ2v) is 4.06. The van der Waals surface area contributed by atoms with Crippen molar-refractivity contribution in [3.63, 3.8) is 0 Å². The number of rotatable bonds is 5. The molecule has 110 valence electrons. The molecule has 0 saturated carbocycles. The molecule has 0 aliphatic carbocycles. The number of aromatic amines is 1. The van der Waals surface area contributed by atoms with Crippen molar-refractivity contribution >= 4 is 12.0 Å². The molecule has 1 heterocycles. The van der Waals surface area contributed by atoms with E-state index in [4.69, 9.17) is 9.47 Å². The van der Waals surface area contributed by atoms with E-state index in [9.17, 15) is 4.79 Å². The molecule has 1 aromatic carbocycles. The van der Waals surface area contributed by atoms with Crippen LogP contribution in [0.3, 0.4) is 0 Å². The van der Waals surface area contributed by atoms with Crippen molar-refractivity contribution in [2.75, 3.05) is 19.6 Å². The Labute approximate surface area is 120 Å². The summed E-state index contributed by atoms with van der Waals surface area (Å²) in [4.78, 5) is 14.8. The molecule has 0 aliphatic heterocycles. The Morgan fingerprint density at radius 3 is 2.76 bits per heavy atom. The first-order chi connectivity index (χ1) is 10.1. The zero-order valence-electron chi connectivity index (χ0n) is 11.9. The van der Waals surface area contributed by atoms with Crippen LogP contribution in [0.25, 0.3) is 0 Å². The van der Waals surface area contributed by atoms with E-state index in [0.29, 0.717) is 23.0 Å². The van der Waals surface area contributed by atoms with E-state index < -0.39 is 5.69 Å². The Balaban J connectivity index is 2.14. The molecule has 2 aromatic rings. The number of benzene rings is 1. The van der Waals surface area contributed by atoms with Gasteiger partial charge in [-0.05, 0) is 30.7 Å². The van der Waals surface area contributed by atoms with Gasteiger partial charge in [0.05, 0.1) is 20.4 Å². The number of methoxy groups -OCH3 is 2. The first kappa shape index (κ1) is 14.5. The lowest BCUT2D eigenvalue weighted by atomic mass is 10.2. The number of hydrazone groups is 1. The van der Waals surface area contributed by atoms with Gasteiger partial charge < -0.3 is 9.47 Å². The van der Waals surface area contributed by atoms with Gasteiger partial charge in [-0.3, -0.25) is 5.43 Å². The van der Waals surface area contributed by atoms with Crippen LogP contribution in [0.4, 0.5) is 5.82 Å². The van der Waals surface area contributed by atoms with Gasteiger partial charge in [0.15, 0.2) is 17.3 Å². The van der Waals surface area contributed by atoms with Crippen LogP contribution in [-0.4, -0.2) is 35.6 Å². The highest BCUT2D eigenvalue weighted by atomic mass is 16.5. The van der Waals surface area contributed by atoms with Crippen molar-refractivity contribution in [3.8, 4) is 11.5 Å². The predicted octanol–water partition coefficient (Wildman–Crippen LogP) is 0.937. The summed E-state index contributed by atoms with van der Waals surface area (Å²) in [6, 6.07) is 5.38. The second kappa shape index (κ2) is 6.51.